The van der Waals surface area contributed by atoms with E-state index >= 15 is 0 Å². The van der Waals surface area contributed by atoms with E-state index in [1.54, 1.807) is 0 Å². The van der Waals surface area contributed by atoms with Crippen molar-refractivity contribution < 1.29 is 0 Å². The Bertz CT molecular complexity index is 209. The Balaban J connectivity index is 2.54. The van der Waals surface area contributed by atoms with Gasteiger partial charge in [0.25, 0.3) is 0 Å². The number of amidine groups is 1. The molecule has 3 heteroatoms. The first-order chi connectivity index (χ1) is 7.04. The standard InChI is InChI=1S/C12H25N3/c1-4-10(7-12(13)14)15(8-9(2)3)11-5-6-11/h9-11H,4-8H2,1-3H3,(H3,13,14). The van der Waals surface area contributed by atoms with E-state index in [9.17, 15) is 0 Å². The van der Waals surface area contributed by atoms with Crippen LogP contribution < -0.4 is 5.73 Å². The van der Waals surface area contributed by atoms with Gasteiger partial charge >= 0.3 is 0 Å². The van der Waals surface area contributed by atoms with Crippen molar-refractivity contribution in [2.45, 2.75) is 58.5 Å². The lowest BCUT2D eigenvalue weighted by atomic mass is 10.1. The maximum absolute atomic E-state index is 7.42. The molecule has 1 unspecified atom stereocenters. The fraction of sp³-hybridized carbons (Fsp3) is 0.917. The van der Waals surface area contributed by atoms with Crippen LogP contribution in [-0.2, 0) is 0 Å². The van der Waals surface area contributed by atoms with E-state index in [1.807, 2.05) is 0 Å². The molecule has 3 N–H and O–H groups in total. The SMILES string of the molecule is CCC(CC(=N)N)N(CC(C)C)C1CC1. The molecule has 1 aliphatic rings. The fourth-order valence-electron chi connectivity index (χ4n) is 2.17. The van der Waals surface area contributed by atoms with Crippen molar-refractivity contribution in [3.8, 4) is 0 Å². The third-order valence-electron chi connectivity index (χ3n) is 2.99. The van der Waals surface area contributed by atoms with Gasteiger partial charge in [0.05, 0.1) is 5.84 Å². The molecular weight excluding hydrogens is 186 g/mol. The van der Waals surface area contributed by atoms with Gasteiger partial charge in [-0.3, -0.25) is 10.3 Å². The second kappa shape index (κ2) is 5.50. The Labute approximate surface area is 93.5 Å². The van der Waals surface area contributed by atoms with Gasteiger partial charge in [-0.05, 0) is 25.2 Å². The maximum Gasteiger partial charge on any atom is 0.0921 e. The summed E-state index contributed by atoms with van der Waals surface area (Å²) >= 11 is 0. The number of hydrogen-bond acceptors (Lipinski definition) is 2. The number of nitrogens with zero attached hydrogens (tertiary/aromatic N) is 1. The highest BCUT2D eigenvalue weighted by Crippen LogP contribution is 2.31. The molecule has 0 aromatic heterocycles. The van der Waals surface area contributed by atoms with Crippen LogP contribution in [0.25, 0.3) is 0 Å². The molecule has 1 fully saturated rings. The van der Waals surface area contributed by atoms with Crippen LogP contribution in [0.4, 0.5) is 0 Å². The molecule has 1 rings (SSSR count). The molecule has 0 spiro atoms. The van der Waals surface area contributed by atoms with Gasteiger partial charge in [-0.25, -0.2) is 0 Å². The molecule has 0 aromatic carbocycles. The van der Waals surface area contributed by atoms with Crippen molar-refractivity contribution in [1.82, 2.24) is 4.90 Å². The van der Waals surface area contributed by atoms with Crippen LogP contribution in [0.2, 0.25) is 0 Å². The molecular formula is C12H25N3. The van der Waals surface area contributed by atoms with Crippen LogP contribution in [-0.4, -0.2) is 29.4 Å². The molecule has 0 saturated heterocycles. The third kappa shape index (κ3) is 4.20. The highest BCUT2D eigenvalue weighted by Gasteiger charge is 2.33. The summed E-state index contributed by atoms with van der Waals surface area (Å²) in [4.78, 5) is 2.58. The van der Waals surface area contributed by atoms with Crippen molar-refractivity contribution in [3.63, 3.8) is 0 Å². The fourth-order valence-corrected chi connectivity index (χ4v) is 2.17. The number of nitrogens with two attached hydrogens (primary N) is 1. The van der Waals surface area contributed by atoms with Gasteiger partial charge in [0, 0.05) is 25.0 Å². The van der Waals surface area contributed by atoms with Crippen LogP contribution in [0.15, 0.2) is 0 Å². The molecule has 1 atom stereocenters. The lowest BCUT2D eigenvalue weighted by molar-refractivity contribution is 0.164. The Morgan fingerprint density at radius 2 is 2.07 bits per heavy atom. The summed E-state index contributed by atoms with van der Waals surface area (Å²) in [5, 5.41) is 7.42. The zero-order valence-electron chi connectivity index (χ0n) is 10.3. The highest BCUT2D eigenvalue weighted by atomic mass is 15.2. The van der Waals surface area contributed by atoms with Gasteiger partial charge in [0.2, 0.25) is 0 Å². The molecule has 88 valence electrons. The lowest BCUT2D eigenvalue weighted by Gasteiger charge is -2.32. The van der Waals surface area contributed by atoms with E-state index < -0.39 is 0 Å². The predicted octanol–water partition coefficient (Wildman–Crippen LogP) is 2.21. The van der Waals surface area contributed by atoms with Gasteiger partial charge in [0.15, 0.2) is 0 Å². The molecule has 0 amide bonds. The van der Waals surface area contributed by atoms with Gasteiger partial charge in [0.1, 0.15) is 0 Å². The third-order valence-corrected chi connectivity index (χ3v) is 2.99. The summed E-state index contributed by atoms with van der Waals surface area (Å²) in [6.07, 6.45) is 4.50. The molecule has 0 heterocycles. The molecule has 0 aliphatic heterocycles. The van der Waals surface area contributed by atoms with Crippen molar-refractivity contribution in [2.24, 2.45) is 11.7 Å². The van der Waals surface area contributed by atoms with Gasteiger partial charge < -0.3 is 5.73 Å². The molecule has 1 aliphatic carbocycles. The highest BCUT2D eigenvalue weighted by molar-refractivity contribution is 5.77. The summed E-state index contributed by atoms with van der Waals surface area (Å²) < 4.78 is 0. The van der Waals surface area contributed by atoms with E-state index in [1.165, 1.54) is 12.8 Å². The average molecular weight is 211 g/mol. The Kier molecular flexibility index (Phi) is 4.58. The molecule has 15 heavy (non-hydrogen) atoms. The topological polar surface area (TPSA) is 53.1 Å². The van der Waals surface area contributed by atoms with Crippen molar-refractivity contribution >= 4 is 5.84 Å². The van der Waals surface area contributed by atoms with Gasteiger partial charge in [-0.15, -0.1) is 0 Å². The first-order valence-corrected chi connectivity index (χ1v) is 6.13. The second-order valence-electron chi connectivity index (χ2n) is 5.11. The first-order valence-electron chi connectivity index (χ1n) is 6.13. The smallest absolute Gasteiger partial charge is 0.0921 e. The minimum absolute atomic E-state index is 0.330. The van der Waals surface area contributed by atoms with Crippen LogP contribution in [0.1, 0.15) is 46.5 Å². The number of nitrogens with one attached hydrogen (secondary N) is 1. The molecule has 0 radical (unpaired) electrons. The summed E-state index contributed by atoms with van der Waals surface area (Å²) in [7, 11) is 0. The van der Waals surface area contributed by atoms with Gasteiger partial charge in [-0.1, -0.05) is 20.8 Å². The molecule has 0 aromatic rings. The van der Waals surface area contributed by atoms with Crippen LogP contribution in [0.3, 0.4) is 0 Å². The molecule has 3 nitrogen and oxygen atoms in total. The maximum atomic E-state index is 7.42. The Morgan fingerprint density at radius 3 is 2.40 bits per heavy atom. The lowest BCUT2D eigenvalue weighted by Crippen LogP contribution is -2.41. The largest absolute Gasteiger partial charge is 0.388 e. The zero-order chi connectivity index (χ0) is 11.4. The summed E-state index contributed by atoms with van der Waals surface area (Å²) in [5.41, 5.74) is 5.51. The summed E-state index contributed by atoms with van der Waals surface area (Å²) in [5.74, 6) is 1.03. The van der Waals surface area contributed by atoms with E-state index in [4.69, 9.17) is 11.1 Å². The van der Waals surface area contributed by atoms with E-state index in [-0.39, 0.29) is 0 Å². The molecule has 0 bridgehead atoms. The second-order valence-corrected chi connectivity index (χ2v) is 5.11. The monoisotopic (exact) mass is 211 g/mol. The number of rotatable bonds is 7. The minimum Gasteiger partial charge on any atom is -0.388 e. The van der Waals surface area contributed by atoms with Gasteiger partial charge in [-0.2, -0.15) is 0 Å². The Hall–Kier alpha value is -0.570. The normalized spacial score (nSPS) is 18.5. The van der Waals surface area contributed by atoms with E-state index in [2.05, 4.69) is 25.7 Å². The van der Waals surface area contributed by atoms with Crippen molar-refractivity contribution in [3.05, 3.63) is 0 Å². The van der Waals surface area contributed by atoms with E-state index in [0.29, 0.717) is 17.8 Å². The van der Waals surface area contributed by atoms with Crippen molar-refractivity contribution in [2.75, 3.05) is 6.54 Å². The quantitative estimate of drug-likeness (QED) is 0.501. The number of hydrogen-bond donors (Lipinski definition) is 2. The molecule has 1 saturated carbocycles. The summed E-state index contributed by atoms with van der Waals surface area (Å²) in [6, 6.07) is 1.26. The van der Waals surface area contributed by atoms with Crippen LogP contribution in [0, 0.1) is 11.3 Å². The summed E-state index contributed by atoms with van der Waals surface area (Å²) in [6.45, 7) is 7.87. The van der Waals surface area contributed by atoms with Crippen LogP contribution in [0.5, 0.6) is 0 Å². The van der Waals surface area contributed by atoms with Crippen molar-refractivity contribution in [1.29, 1.82) is 5.41 Å². The Morgan fingerprint density at radius 1 is 1.47 bits per heavy atom. The zero-order valence-corrected chi connectivity index (χ0v) is 10.3. The minimum atomic E-state index is 0.330. The van der Waals surface area contributed by atoms with E-state index in [0.717, 1.165) is 25.4 Å². The predicted molar refractivity (Wildman–Crippen MR) is 65.2 cm³/mol. The van der Waals surface area contributed by atoms with Crippen LogP contribution >= 0.6 is 0 Å². The average Bonchev–Trinajstić information content (AvgIpc) is 2.93. The first kappa shape index (κ1) is 12.5.